The molecule has 1 aromatic heterocycles. The number of rotatable bonds is 6. The molecule has 1 saturated heterocycles. The van der Waals surface area contributed by atoms with Crippen LogP contribution in [0, 0.1) is 11.7 Å². The number of ether oxygens (including phenoxy) is 1. The van der Waals surface area contributed by atoms with Crippen LogP contribution < -0.4 is 19.8 Å². The number of amides is 3. The molecule has 0 bridgehead atoms. The maximum absolute atomic E-state index is 13.8. The minimum atomic E-state index is -0.760. The zero-order chi connectivity index (χ0) is 28.0. The molecule has 0 spiro atoms. The molecule has 2 aliphatic heterocycles. The van der Waals surface area contributed by atoms with Crippen molar-refractivity contribution in [1.82, 2.24) is 4.98 Å². The number of carbonyl (C=O) groups is 3. The predicted octanol–water partition coefficient (Wildman–Crippen LogP) is 5.04. The molecule has 6 rings (SSSR count). The van der Waals surface area contributed by atoms with Crippen molar-refractivity contribution >= 4 is 63.8 Å². The van der Waals surface area contributed by atoms with Crippen LogP contribution in [-0.2, 0) is 14.4 Å². The van der Waals surface area contributed by atoms with Gasteiger partial charge in [0.1, 0.15) is 16.8 Å². The number of fused-ring (bicyclic) bond motifs is 2. The number of aromatic amines is 1. The van der Waals surface area contributed by atoms with Crippen molar-refractivity contribution < 1.29 is 23.5 Å². The average molecular weight is 596 g/mol. The molecule has 3 atom stereocenters. The number of imide groups is 1. The van der Waals surface area contributed by atoms with E-state index in [1.807, 2.05) is 0 Å². The van der Waals surface area contributed by atoms with Crippen LogP contribution in [0.25, 0.3) is 0 Å². The van der Waals surface area contributed by atoms with Gasteiger partial charge in [0.15, 0.2) is 6.61 Å². The zero-order valence-electron chi connectivity index (χ0n) is 20.4. The van der Waals surface area contributed by atoms with Crippen molar-refractivity contribution in [2.45, 2.75) is 16.2 Å². The lowest BCUT2D eigenvalue weighted by atomic mass is 9.83. The van der Waals surface area contributed by atoms with Gasteiger partial charge in [-0.15, -0.1) is 0 Å². The molecule has 8 nitrogen and oxygen atoms in total. The number of nitrogens with zero attached hydrogens (tertiary/aromatic N) is 1. The maximum Gasteiger partial charge on any atom is 0.305 e. The molecular formula is C28H19ClFN3O5S2. The summed E-state index contributed by atoms with van der Waals surface area (Å²) in [5.74, 6) is -2.56. The number of thiazole rings is 1. The van der Waals surface area contributed by atoms with Crippen LogP contribution in [0.4, 0.5) is 15.8 Å². The van der Waals surface area contributed by atoms with Gasteiger partial charge in [0, 0.05) is 21.5 Å². The first kappa shape index (κ1) is 26.3. The molecule has 3 heterocycles. The lowest BCUT2D eigenvalue weighted by Gasteiger charge is -2.30. The second-order valence-corrected chi connectivity index (χ2v) is 11.8. The molecular weight excluding hydrogens is 577 g/mol. The van der Waals surface area contributed by atoms with Crippen LogP contribution in [0.15, 0.2) is 82.6 Å². The fraction of sp³-hybridized carbons (Fsp3) is 0.143. The van der Waals surface area contributed by atoms with E-state index in [9.17, 15) is 23.6 Å². The number of nitrogens with one attached hydrogen (secondary N) is 2. The number of thioether (sulfide) groups is 1. The highest BCUT2D eigenvalue weighted by atomic mass is 35.5. The molecule has 12 heteroatoms. The summed E-state index contributed by atoms with van der Waals surface area (Å²) in [5.41, 5.74) is 1.52. The SMILES string of the molecule is O=C(COc1cccc([C@H]2c3sc(=O)[nH]c3SC3C(=O)N(c4ccc(Cl)cc4)C(=O)C32)c1)Nc1ccc(F)cc1. The van der Waals surface area contributed by atoms with Crippen LogP contribution in [0.1, 0.15) is 16.4 Å². The van der Waals surface area contributed by atoms with Gasteiger partial charge in [0.2, 0.25) is 11.8 Å². The molecule has 4 aromatic rings. The van der Waals surface area contributed by atoms with Gasteiger partial charge in [-0.1, -0.05) is 46.8 Å². The van der Waals surface area contributed by atoms with E-state index in [0.29, 0.717) is 37.6 Å². The van der Waals surface area contributed by atoms with Crippen LogP contribution in [-0.4, -0.2) is 34.6 Å². The number of anilines is 2. The Labute approximate surface area is 240 Å². The smallest absolute Gasteiger partial charge is 0.305 e. The third-order valence-electron chi connectivity index (χ3n) is 6.62. The summed E-state index contributed by atoms with van der Waals surface area (Å²) in [6.45, 7) is -0.308. The lowest BCUT2D eigenvalue weighted by molar-refractivity contribution is -0.122. The fourth-order valence-electron chi connectivity index (χ4n) is 4.90. The van der Waals surface area contributed by atoms with Gasteiger partial charge in [-0.25, -0.2) is 9.29 Å². The summed E-state index contributed by atoms with van der Waals surface area (Å²) < 4.78 is 18.8. The molecule has 0 saturated carbocycles. The first-order valence-electron chi connectivity index (χ1n) is 12.1. The Morgan fingerprint density at radius 2 is 1.77 bits per heavy atom. The van der Waals surface area contributed by atoms with Crippen molar-refractivity contribution in [1.29, 1.82) is 0 Å². The summed E-state index contributed by atoms with van der Waals surface area (Å²) in [6.07, 6.45) is 0. The molecule has 3 aromatic carbocycles. The van der Waals surface area contributed by atoms with Crippen molar-refractivity contribution in [3.63, 3.8) is 0 Å². The number of halogens is 2. The van der Waals surface area contributed by atoms with E-state index >= 15 is 0 Å². The predicted molar refractivity (Wildman–Crippen MR) is 151 cm³/mol. The number of hydrogen-bond acceptors (Lipinski definition) is 7. The average Bonchev–Trinajstić information content (AvgIpc) is 3.43. The molecule has 0 aliphatic carbocycles. The number of H-pyrrole nitrogens is 1. The Balaban J connectivity index is 1.28. The summed E-state index contributed by atoms with van der Waals surface area (Å²) >= 11 is 8.21. The second kappa shape index (κ2) is 10.6. The molecule has 2 aliphatic rings. The first-order chi connectivity index (χ1) is 19.3. The van der Waals surface area contributed by atoms with Gasteiger partial charge in [0.25, 0.3) is 5.91 Å². The topological polar surface area (TPSA) is 109 Å². The Bertz CT molecular complexity index is 1690. The molecule has 2 unspecified atom stereocenters. The standard InChI is InChI=1S/C28H19ClFN3O5S2/c29-15-4-10-18(11-5-15)33-26(35)22-21(23-25(32-28(37)40-23)39-24(22)27(33)36)14-2-1-3-19(12-14)38-13-20(34)31-17-8-6-16(30)7-9-17/h1-12,21-22,24H,13H2,(H,31,34)(H,32,37)/t21-,22?,24?/m1/s1. The Morgan fingerprint density at radius 1 is 1.02 bits per heavy atom. The van der Waals surface area contributed by atoms with Crippen molar-refractivity contribution in [2.75, 3.05) is 16.8 Å². The van der Waals surface area contributed by atoms with Gasteiger partial charge < -0.3 is 15.0 Å². The fourth-order valence-corrected chi connectivity index (χ4v) is 7.54. The van der Waals surface area contributed by atoms with Gasteiger partial charge >= 0.3 is 4.87 Å². The van der Waals surface area contributed by atoms with Crippen molar-refractivity contribution in [2.24, 2.45) is 5.92 Å². The summed E-state index contributed by atoms with van der Waals surface area (Å²) in [7, 11) is 0. The van der Waals surface area contributed by atoms with Gasteiger partial charge in [0.05, 0.1) is 16.6 Å². The van der Waals surface area contributed by atoms with Crippen LogP contribution in [0.3, 0.4) is 0 Å². The second-order valence-electron chi connectivity index (χ2n) is 9.15. The van der Waals surface area contributed by atoms with E-state index in [4.69, 9.17) is 16.3 Å². The van der Waals surface area contributed by atoms with E-state index in [1.54, 1.807) is 48.5 Å². The molecule has 202 valence electrons. The van der Waals surface area contributed by atoms with E-state index in [-0.39, 0.29) is 23.3 Å². The molecule has 2 N–H and O–H groups in total. The minimum absolute atomic E-state index is 0.276. The van der Waals surface area contributed by atoms with Gasteiger partial charge in [-0.2, -0.15) is 0 Å². The van der Waals surface area contributed by atoms with Crippen molar-refractivity contribution in [3.05, 3.63) is 104 Å². The summed E-state index contributed by atoms with van der Waals surface area (Å²) in [6, 6.07) is 18.8. The number of hydrogen-bond donors (Lipinski definition) is 2. The monoisotopic (exact) mass is 595 g/mol. The first-order valence-corrected chi connectivity index (χ1v) is 14.2. The van der Waals surface area contributed by atoms with E-state index in [2.05, 4.69) is 10.3 Å². The third kappa shape index (κ3) is 4.91. The van der Waals surface area contributed by atoms with Crippen LogP contribution in [0.2, 0.25) is 5.02 Å². The Kier molecular flexibility index (Phi) is 6.95. The molecule has 3 amide bonds. The van der Waals surface area contributed by atoms with E-state index < -0.39 is 28.8 Å². The quantitative estimate of drug-likeness (QED) is 0.302. The third-order valence-corrected chi connectivity index (χ3v) is 9.28. The highest BCUT2D eigenvalue weighted by Crippen LogP contribution is 2.53. The van der Waals surface area contributed by atoms with Gasteiger partial charge in [-0.05, 0) is 66.2 Å². The largest absolute Gasteiger partial charge is 0.484 e. The summed E-state index contributed by atoms with van der Waals surface area (Å²) in [4.78, 5) is 56.4. The molecule has 40 heavy (non-hydrogen) atoms. The lowest BCUT2D eigenvalue weighted by Crippen LogP contribution is -2.32. The Morgan fingerprint density at radius 3 is 2.52 bits per heavy atom. The van der Waals surface area contributed by atoms with Crippen molar-refractivity contribution in [3.8, 4) is 5.75 Å². The Hall–Kier alpha value is -3.93. The number of aromatic nitrogens is 1. The normalized spacial score (nSPS) is 19.8. The summed E-state index contributed by atoms with van der Waals surface area (Å²) in [5, 5.41) is 2.93. The van der Waals surface area contributed by atoms with Gasteiger partial charge in [-0.3, -0.25) is 19.2 Å². The van der Waals surface area contributed by atoms with Crippen LogP contribution >= 0.6 is 34.7 Å². The minimum Gasteiger partial charge on any atom is -0.484 e. The number of carbonyl (C=O) groups excluding carboxylic acids is 3. The molecule has 0 radical (unpaired) electrons. The van der Waals surface area contributed by atoms with Crippen LogP contribution in [0.5, 0.6) is 5.75 Å². The van der Waals surface area contributed by atoms with E-state index in [1.165, 1.54) is 40.9 Å². The highest BCUT2D eigenvalue weighted by molar-refractivity contribution is 8.00. The zero-order valence-corrected chi connectivity index (χ0v) is 22.8. The van der Waals surface area contributed by atoms with E-state index in [0.717, 1.165) is 11.3 Å². The highest BCUT2D eigenvalue weighted by Gasteiger charge is 2.56. The number of benzene rings is 3. The molecule has 1 fully saturated rings. The maximum atomic E-state index is 13.8.